The quantitative estimate of drug-likeness (QED) is 0.273. The van der Waals surface area contributed by atoms with Crippen molar-refractivity contribution < 1.29 is 14.2 Å². The number of thiol groups is 1. The van der Waals surface area contributed by atoms with Gasteiger partial charge in [-0.3, -0.25) is 4.79 Å². The molecule has 0 radical (unpaired) electrons. The first-order valence-corrected chi connectivity index (χ1v) is 2.33. The van der Waals surface area contributed by atoms with Crippen molar-refractivity contribution >= 4 is 18.7 Å². The summed E-state index contributed by atoms with van der Waals surface area (Å²) in [6, 6.07) is 0. The second-order valence-corrected chi connectivity index (χ2v) is 1.25. The molecule has 1 amide bonds. The Morgan fingerprint density at radius 2 is 2.88 bits per heavy atom. The van der Waals surface area contributed by atoms with Crippen LogP contribution in [0.15, 0.2) is 0 Å². The molecule has 0 aromatic heterocycles. The fraction of sp³-hybridized carbons (Fsp3) is 0.667. The highest BCUT2D eigenvalue weighted by atomic mass is 32.1. The van der Waals surface area contributed by atoms with Crippen LogP contribution < -0.4 is 5.48 Å². The van der Waals surface area contributed by atoms with Crippen LogP contribution in [0, 0.1) is 0 Å². The summed E-state index contributed by atoms with van der Waals surface area (Å²) in [6.45, 7) is -0.210. The van der Waals surface area contributed by atoms with E-state index in [0.29, 0.717) is 12.8 Å². The van der Waals surface area contributed by atoms with Crippen molar-refractivity contribution in [2.45, 2.75) is 6.42 Å². The van der Waals surface area contributed by atoms with Gasteiger partial charge < -0.3 is 5.11 Å². The number of amides is 1. The minimum atomic E-state index is -0.433. The van der Waals surface area contributed by atoms with E-state index in [0.717, 1.165) is 0 Å². The van der Waals surface area contributed by atoms with Gasteiger partial charge in [-0.15, -0.1) is 0 Å². The van der Waals surface area contributed by atoms with Gasteiger partial charge in [0, 0.05) is 12.8 Å². The number of hydrogen-bond donors (Lipinski definition) is 3. The van der Waals surface area contributed by atoms with Gasteiger partial charge in [-0.25, -0.2) is 9.76 Å². The average Bonchev–Trinajstić information content (AvgIpc) is 1.85. The van der Waals surface area contributed by atoms with Gasteiger partial charge in [0.05, 0.1) is 13.0 Å². The van der Waals surface area contributed by atoms with Crippen LogP contribution in [0.1, 0.15) is 6.42 Å². The Hall–Kier alpha value is -0.260. The second-order valence-electron chi connectivity index (χ2n) is 1.08. The summed E-state index contributed by atoms with van der Waals surface area (Å²) in [5.41, 5.74) is 1.91. The van der Waals surface area contributed by atoms with Crippen molar-refractivity contribution in [3.63, 3.8) is 0 Å². The summed E-state index contributed by atoms with van der Waals surface area (Å²) in [5.74, 6) is -0.433. The molecule has 0 saturated heterocycles. The average molecular weight is 139 g/mol. The van der Waals surface area contributed by atoms with Gasteiger partial charge in [-0.1, -0.05) is 0 Å². The molecule has 0 spiro atoms. The lowest BCUT2D eigenvalue weighted by molar-refractivity contribution is -0.127. The predicted octanol–water partition coefficient (Wildman–Crippen LogP) is -0.739. The summed E-state index contributed by atoms with van der Waals surface area (Å²) in [4.78, 5) is 10.3. The lowest BCUT2D eigenvalue weighted by Crippen LogP contribution is -2.20. The highest BCUT2D eigenvalue weighted by Gasteiger charge is 1.95. The third-order valence-corrected chi connectivity index (χ3v) is 0.578. The number of hydroxylamine groups is 1. The highest BCUT2D eigenvalue weighted by molar-refractivity contribution is 7.75. The zero-order chi connectivity index (χ0) is 7.11. The molecule has 0 aliphatic carbocycles. The van der Waals surface area contributed by atoms with E-state index in [1.807, 2.05) is 5.48 Å². The molecular weight excluding hydrogens is 130 g/mol. The molecule has 0 aromatic rings. The third-order valence-electron chi connectivity index (χ3n) is 0.494. The van der Waals surface area contributed by atoms with Gasteiger partial charge in [0.1, 0.15) is 1.12 Å². The SMILES string of the molecule is [3H]SONC(=O)CCO. The maximum absolute atomic E-state index is 10.3. The molecule has 5 heteroatoms. The maximum Gasteiger partial charge on any atom is 0.246 e. The predicted molar refractivity (Wildman–Crippen MR) is 29.9 cm³/mol. The summed E-state index contributed by atoms with van der Waals surface area (Å²) >= 11 is 0.292. The van der Waals surface area contributed by atoms with Crippen molar-refractivity contribution in [2.75, 3.05) is 6.61 Å². The van der Waals surface area contributed by atoms with Crippen LogP contribution in [0.25, 0.3) is 0 Å². The van der Waals surface area contributed by atoms with E-state index in [9.17, 15) is 4.79 Å². The van der Waals surface area contributed by atoms with Crippen LogP contribution in [-0.4, -0.2) is 18.7 Å². The van der Waals surface area contributed by atoms with Crippen molar-refractivity contribution in [3.8, 4) is 0 Å². The molecule has 0 bridgehead atoms. The lowest BCUT2D eigenvalue weighted by atomic mass is 10.4. The monoisotopic (exact) mass is 139 g/mol. The number of aliphatic hydroxyl groups is 1. The summed E-state index contributed by atoms with van der Waals surface area (Å²) in [6.07, 6.45) is 0.000556. The molecule has 2 N–H and O–H groups in total. The second kappa shape index (κ2) is 4.89. The number of carbonyl (C=O) groups excluding carboxylic acids is 1. The van der Waals surface area contributed by atoms with Crippen molar-refractivity contribution in [1.82, 2.24) is 5.48 Å². The highest BCUT2D eigenvalue weighted by Crippen LogP contribution is 1.77. The van der Waals surface area contributed by atoms with Crippen LogP contribution in [0.3, 0.4) is 0 Å². The molecule has 0 rings (SSSR count). The van der Waals surface area contributed by atoms with Gasteiger partial charge in [0.25, 0.3) is 0 Å². The van der Waals surface area contributed by atoms with Crippen LogP contribution in [0.4, 0.5) is 0 Å². The van der Waals surface area contributed by atoms with Crippen LogP contribution in [-0.2, 0) is 9.08 Å². The van der Waals surface area contributed by atoms with E-state index < -0.39 is 5.91 Å². The van der Waals surface area contributed by atoms with Gasteiger partial charge in [0.2, 0.25) is 5.91 Å². The molecule has 8 heavy (non-hydrogen) atoms. The van der Waals surface area contributed by atoms with E-state index >= 15 is 0 Å². The van der Waals surface area contributed by atoms with Gasteiger partial charge >= 0.3 is 0 Å². The van der Waals surface area contributed by atoms with Crippen LogP contribution in [0.2, 0.25) is 0 Å². The minimum Gasteiger partial charge on any atom is -0.396 e. The number of nitrogens with one attached hydrogen (secondary N) is 1. The Bertz CT molecular complexity index is 91.1. The first-order valence-electron chi connectivity index (χ1n) is 2.40. The molecule has 0 aliphatic heterocycles. The molecule has 0 saturated carbocycles. The summed E-state index contributed by atoms with van der Waals surface area (Å²) < 4.78 is 10.5. The molecule has 48 valence electrons. The molecule has 0 aliphatic rings. The van der Waals surface area contributed by atoms with Gasteiger partial charge in [-0.05, 0) is 0 Å². The van der Waals surface area contributed by atoms with Crippen molar-refractivity contribution in [1.29, 1.82) is 1.12 Å². The Labute approximate surface area is 53.5 Å². The van der Waals surface area contributed by atoms with Crippen LogP contribution >= 0.6 is 12.8 Å². The summed E-state index contributed by atoms with van der Waals surface area (Å²) in [5, 5.41) is 8.17. The Balaban J connectivity index is 3.06. The van der Waals surface area contributed by atoms with Crippen LogP contribution in [0.5, 0.6) is 0 Å². The maximum atomic E-state index is 10.3. The Morgan fingerprint density at radius 3 is 3.38 bits per heavy atom. The van der Waals surface area contributed by atoms with E-state index in [2.05, 4.69) is 4.28 Å². The molecule has 0 unspecified atom stereocenters. The topological polar surface area (TPSA) is 58.6 Å². The number of carbonyl (C=O) groups is 1. The largest absolute Gasteiger partial charge is 0.396 e. The van der Waals surface area contributed by atoms with Gasteiger partial charge in [0.15, 0.2) is 0 Å². The molecule has 0 aromatic carbocycles. The van der Waals surface area contributed by atoms with E-state index in [1.54, 1.807) is 0 Å². The van der Waals surface area contributed by atoms with Crippen molar-refractivity contribution in [2.24, 2.45) is 0 Å². The standard InChI is InChI=1S/C3H7NO3S/c5-2-1-3(6)4-7-8/h5,8H,1-2H2,(H,4,6)/i/hT. The lowest BCUT2D eigenvalue weighted by Gasteiger charge is -1.94. The smallest absolute Gasteiger partial charge is 0.246 e. The Morgan fingerprint density at radius 1 is 2.12 bits per heavy atom. The molecule has 4 nitrogen and oxygen atoms in total. The fourth-order valence-corrected chi connectivity index (χ4v) is 0.292. The van der Waals surface area contributed by atoms with E-state index in [-0.39, 0.29) is 13.0 Å². The third kappa shape index (κ3) is 3.91. The minimum absolute atomic E-state index is 0.000556. The zero-order valence-electron chi connectivity index (χ0n) is 5.09. The summed E-state index contributed by atoms with van der Waals surface area (Å²) in [7, 11) is 0. The molecule has 0 fully saturated rings. The van der Waals surface area contributed by atoms with Gasteiger partial charge in [-0.2, -0.15) is 0 Å². The first-order chi connectivity index (χ1) is 4.31. The normalized spacial score (nSPS) is 10.4. The molecule has 0 heterocycles. The molecule has 0 atom stereocenters. The van der Waals surface area contributed by atoms with Crippen molar-refractivity contribution in [3.05, 3.63) is 0 Å². The fourth-order valence-electron chi connectivity index (χ4n) is 0.199. The zero-order valence-corrected chi connectivity index (χ0v) is 4.90. The number of aliphatic hydroxyl groups excluding tert-OH is 1. The first kappa shape index (κ1) is 5.87. The number of hydrogen-bond acceptors (Lipinski definition) is 4. The molecular formula is C3H7NO3S. The van der Waals surface area contributed by atoms with E-state index in [4.69, 9.17) is 6.23 Å². The number of rotatable bonds is 4. The Kier molecular flexibility index (Phi) is 3.59. The van der Waals surface area contributed by atoms with E-state index in [1.165, 1.54) is 0 Å².